The largest absolute Gasteiger partial charge is 0.370 e. The number of morpholine rings is 1. The van der Waals surface area contributed by atoms with E-state index in [9.17, 15) is 4.79 Å². The monoisotopic (exact) mass is 295 g/mol. The van der Waals surface area contributed by atoms with E-state index in [0.29, 0.717) is 19.7 Å². The number of ether oxygens (including phenoxy) is 1. The van der Waals surface area contributed by atoms with Crippen LogP contribution in [0.2, 0.25) is 0 Å². The molecule has 2 aromatic rings. The summed E-state index contributed by atoms with van der Waals surface area (Å²) in [5.74, 6) is 0.0972. The molecule has 0 radical (unpaired) electrons. The third-order valence-corrected chi connectivity index (χ3v) is 4.26. The van der Waals surface area contributed by atoms with Crippen molar-refractivity contribution in [2.75, 3.05) is 19.7 Å². The lowest BCUT2D eigenvalue weighted by Gasteiger charge is -2.34. The number of amides is 1. The Morgan fingerprint density at radius 2 is 1.73 bits per heavy atom. The Bertz CT molecular complexity index is 681. The van der Waals surface area contributed by atoms with Crippen molar-refractivity contribution in [2.45, 2.75) is 20.0 Å². The van der Waals surface area contributed by atoms with Gasteiger partial charge in [0.1, 0.15) is 6.10 Å². The number of carbonyl (C=O) groups excluding carboxylic acids is 1. The van der Waals surface area contributed by atoms with Crippen LogP contribution in [0.1, 0.15) is 33.2 Å². The zero-order valence-electron chi connectivity index (χ0n) is 13.1. The van der Waals surface area contributed by atoms with Crippen molar-refractivity contribution in [2.24, 2.45) is 0 Å². The van der Waals surface area contributed by atoms with E-state index in [1.807, 2.05) is 48.2 Å². The van der Waals surface area contributed by atoms with Gasteiger partial charge in [-0.2, -0.15) is 0 Å². The minimum Gasteiger partial charge on any atom is -0.370 e. The molecule has 1 saturated heterocycles. The summed E-state index contributed by atoms with van der Waals surface area (Å²) in [4.78, 5) is 14.7. The molecule has 2 aromatic carbocycles. The van der Waals surface area contributed by atoms with Crippen LogP contribution in [0.3, 0.4) is 0 Å². The van der Waals surface area contributed by atoms with Crippen molar-refractivity contribution in [1.29, 1.82) is 0 Å². The Morgan fingerprint density at radius 3 is 2.45 bits per heavy atom. The summed E-state index contributed by atoms with van der Waals surface area (Å²) < 4.78 is 5.90. The van der Waals surface area contributed by atoms with Crippen LogP contribution in [-0.4, -0.2) is 30.5 Å². The van der Waals surface area contributed by atoms with Gasteiger partial charge in [-0.3, -0.25) is 4.79 Å². The topological polar surface area (TPSA) is 29.5 Å². The lowest BCUT2D eigenvalue weighted by molar-refractivity contribution is -0.0231. The normalized spacial score (nSPS) is 18.3. The first-order chi connectivity index (χ1) is 10.7. The molecule has 0 N–H and O–H groups in total. The molecule has 22 heavy (non-hydrogen) atoms. The minimum atomic E-state index is -0.0390. The van der Waals surface area contributed by atoms with Crippen LogP contribution in [0, 0.1) is 13.8 Å². The maximum Gasteiger partial charge on any atom is 0.254 e. The van der Waals surface area contributed by atoms with Gasteiger partial charge in [-0.15, -0.1) is 0 Å². The van der Waals surface area contributed by atoms with Crippen LogP contribution >= 0.6 is 0 Å². The molecule has 114 valence electrons. The molecule has 1 aliphatic heterocycles. The van der Waals surface area contributed by atoms with Gasteiger partial charge in [0.25, 0.3) is 5.91 Å². The third-order valence-electron chi connectivity index (χ3n) is 4.26. The summed E-state index contributed by atoms with van der Waals surface area (Å²) in [6.45, 7) is 5.90. The standard InChI is InChI=1S/C19H21NO2/c1-14-7-3-5-9-16(14)18-13-20(11-12-22-18)19(21)17-10-6-4-8-15(17)2/h3-10,18H,11-13H2,1-2H3. The van der Waals surface area contributed by atoms with Crippen molar-refractivity contribution in [3.05, 3.63) is 70.8 Å². The lowest BCUT2D eigenvalue weighted by Crippen LogP contribution is -2.42. The number of carbonyl (C=O) groups is 1. The minimum absolute atomic E-state index is 0.0390. The van der Waals surface area contributed by atoms with Crippen molar-refractivity contribution in [3.8, 4) is 0 Å². The molecule has 1 amide bonds. The molecule has 1 unspecified atom stereocenters. The Hall–Kier alpha value is -2.13. The van der Waals surface area contributed by atoms with Crippen molar-refractivity contribution < 1.29 is 9.53 Å². The Morgan fingerprint density at radius 1 is 1.05 bits per heavy atom. The average molecular weight is 295 g/mol. The molecule has 1 atom stereocenters. The van der Waals surface area contributed by atoms with Crippen LogP contribution in [0.25, 0.3) is 0 Å². The summed E-state index contributed by atoms with van der Waals surface area (Å²) in [6.07, 6.45) is -0.0390. The number of hydrogen-bond donors (Lipinski definition) is 0. The van der Waals surface area contributed by atoms with E-state index in [4.69, 9.17) is 4.74 Å². The van der Waals surface area contributed by atoms with Crippen LogP contribution < -0.4 is 0 Å². The number of benzene rings is 2. The van der Waals surface area contributed by atoms with E-state index in [1.165, 1.54) is 11.1 Å². The van der Waals surface area contributed by atoms with E-state index >= 15 is 0 Å². The van der Waals surface area contributed by atoms with E-state index < -0.39 is 0 Å². The van der Waals surface area contributed by atoms with Gasteiger partial charge in [-0.25, -0.2) is 0 Å². The SMILES string of the molecule is Cc1ccccc1C(=O)N1CCOC(c2ccccc2C)C1. The molecule has 3 heteroatoms. The van der Waals surface area contributed by atoms with Crippen molar-refractivity contribution in [3.63, 3.8) is 0 Å². The molecule has 1 fully saturated rings. The van der Waals surface area contributed by atoms with Crippen molar-refractivity contribution >= 4 is 5.91 Å². The molecule has 3 nitrogen and oxygen atoms in total. The molecule has 0 spiro atoms. The Kier molecular flexibility index (Phi) is 4.25. The van der Waals surface area contributed by atoms with Gasteiger partial charge < -0.3 is 9.64 Å². The fourth-order valence-electron chi connectivity index (χ4n) is 2.95. The van der Waals surface area contributed by atoms with Gasteiger partial charge in [0.15, 0.2) is 0 Å². The molecular weight excluding hydrogens is 274 g/mol. The quantitative estimate of drug-likeness (QED) is 0.848. The first-order valence-electron chi connectivity index (χ1n) is 7.69. The number of rotatable bonds is 2. The number of aryl methyl sites for hydroxylation is 2. The van der Waals surface area contributed by atoms with E-state index in [-0.39, 0.29) is 12.0 Å². The first-order valence-corrected chi connectivity index (χ1v) is 7.69. The molecular formula is C19H21NO2. The van der Waals surface area contributed by atoms with Gasteiger partial charge in [-0.1, -0.05) is 42.5 Å². The average Bonchev–Trinajstić information content (AvgIpc) is 2.55. The van der Waals surface area contributed by atoms with Gasteiger partial charge in [0.05, 0.1) is 13.2 Å². The van der Waals surface area contributed by atoms with Crippen molar-refractivity contribution in [1.82, 2.24) is 4.90 Å². The van der Waals surface area contributed by atoms with Gasteiger partial charge >= 0.3 is 0 Å². The predicted octanol–water partition coefficient (Wildman–Crippen LogP) is 3.52. The predicted molar refractivity (Wildman–Crippen MR) is 87.0 cm³/mol. The molecule has 0 saturated carbocycles. The Labute approximate surface area is 131 Å². The zero-order chi connectivity index (χ0) is 15.5. The van der Waals surface area contributed by atoms with Crippen LogP contribution in [0.4, 0.5) is 0 Å². The smallest absolute Gasteiger partial charge is 0.254 e. The number of hydrogen-bond acceptors (Lipinski definition) is 2. The Balaban J connectivity index is 1.80. The number of nitrogens with zero attached hydrogens (tertiary/aromatic N) is 1. The molecule has 1 heterocycles. The molecule has 0 aromatic heterocycles. The van der Waals surface area contributed by atoms with Crippen LogP contribution in [0.15, 0.2) is 48.5 Å². The highest BCUT2D eigenvalue weighted by Crippen LogP contribution is 2.26. The highest BCUT2D eigenvalue weighted by molar-refractivity contribution is 5.95. The summed E-state index contributed by atoms with van der Waals surface area (Å²) in [5, 5.41) is 0. The fraction of sp³-hybridized carbons (Fsp3) is 0.316. The van der Waals surface area contributed by atoms with Gasteiger partial charge in [0, 0.05) is 12.1 Å². The maximum atomic E-state index is 12.8. The summed E-state index contributed by atoms with van der Waals surface area (Å²) in [6, 6.07) is 16.0. The third kappa shape index (κ3) is 2.90. The summed E-state index contributed by atoms with van der Waals surface area (Å²) >= 11 is 0. The molecule has 0 aliphatic carbocycles. The van der Waals surface area contributed by atoms with Crippen LogP contribution in [0.5, 0.6) is 0 Å². The second-order valence-corrected chi connectivity index (χ2v) is 5.78. The van der Waals surface area contributed by atoms with Gasteiger partial charge in [0.2, 0.25) is 0 Å². The second-order valence-electron chi connectivity index (χ2n) is 5.78. The maximum absolute atomic E-state index is 12.8. The highest BCUT2D eigenvalue weighted by Gasteiger charge is 2.27. The van der Waals surface area contributed by atoms with E-state index in [0.717, 1.165) is 11.1 Å². The molecule has 1 aliphatic rings. The van der Waals surface area contributed by atoms with E-state index in [2.05, 4.69) is 19.1 Å². The fourth-order valence-corrected chi connectivity index (χ4v) is 2.95. The van der Waals surface area contributed by atoms with Crippen LogP contribution in [-0.2, 0) is 4.74 Å². The summed E-state index contributed by atoms with van der Waals surface area (Å²) in [7, 11) is 0. The molecule has 0 bridgehead atoms. The second kappa shape index (κ2) is 6.32. The zero-order valence-corrected chi connectivity index (χ0v) is 13.1. The first kappa shape index (κ1) is 14.8. The lowest BCUT2D eigenvalue weighted by atomic mass is 10.0. The highest BCUT2D eigenvalue weighted by atomic mass is 16.5. The van der Waals surface area contributed by atoms with Gasteiger partial charge in [-0.05, 0) is 36.6 Å². The van der Waals surface area contributed by atoms with E-state index in [1.54, 1.807) is 0 Å². The summed E-state index contributed by atoms with van der Waals surface area (Å²) in [5.41, 5.74) is 4.18. The molecule has 3 rings (SSSR count).